The minimum absolute atomic E-state index is 0. The van der Waals surface area contributed by atoms with Crippen LogP contribution in [0, 0.1) is 0 Å². The molecule has 0 aromatic carbocycles. The summed E-state index contributed by atoms with van der Waals surface area (Å²) in [6, 6.07) is 0. The number of hydrogen-bond acceptors (Lipinski definition) is 2. The fraction of sp³-hybridized carbons (Fsp3) is 0.909. The van der Waals surface area contributed by atoms with Crippen molar-refractivity contribution in [1.82, 2.24) is 0 Å². The lowest BCUT2D eigenvalue weighted by Gasteiger charge is -2.01. The first-order valence-corrected chi connectivity index (χ1v) is 5.46. The highest BCUT2D eigenvalue weighted by atomic mass is 35.5. The standard InChI is InChI=1S/C11H22O2.ClH/c1-3-5-6-7-8-9-10-11(12)13-4-2;/h3-10H2,1-2H3;1H. The first kappa shape index (κ1) is 16.2. The predicted molar refractivity (Wildman–Crippen MR) is 61.9 cm³/mol. The quantitative estimate of drug-likeness (QED) is 0.462. The summed E-state index contributed by atoms with van der Waals surface area (Å²) in [5, 5.41) is 0. The monoisotopic (exact) mass is 222 g/mol. The van der Waals surface area contributed by atoms with Crippen LogP contribution in [0.4, 0.5) is 0 Å². The number of hydrogen-bond donors (Lipinski definition) is 0. The number of unbranched alkanes of at least 4 members (excludes halogenated alkanes) is 5. The first-order valence-electron chi connectivity index (χ1n) is 5.46. The van der Waals surface area contributed by atoms with Gasteiger partial charge >= 0.3 is 5.97 Å². The summed E-state index contributed by atoms with van der Waals surface area (Å²) in [7, 11) is 0. The molecule has 0 aromatic heterocycles. The third-order valence-electron chi connectivity index (χ3n) is 2.04. The van der Waals surface area contributed by atoms with E-state index in [9.17, 15) is 4.79 Å². The van der Waals surface area contributed by atoms with Crippen LogP contribution in [0.25, 0.3) is 0 Å². The lowest BCUT2D eigenvalue weighted by Crippen LogP contribution is -2.03. The smallest absolute Gasteiger partial charge is 0.305 e. The Morgan fingerprint density at radius 3 is 2.14 bits per heavy atom. The number of esters is 1. The van der Waals surface area contributed by atoms with E-state index in [0.29, 0.717) is 13.0 Å². The Morgan fingerprint density at radius 1 is 1.00 bits per heavy atom. The molecule has 0 aliphatic heterocycles. The molecule has 0 fully saturated rings. The van der Waals surface area contributed by atoms with Crippen molar-refractivity contribution in [2.24, 2.45) is 0 Å². The summed E-state index contributed by atoms with van der Waals surface area (Å²) in [5.41, 5.74) is 0. The van der Waals surface area contributed by atoms with Gasteiger partial charge in [0.15, 0.2) is 0 Å². The van der Waals surface area contributed by atoms with Gasteiger partial charge in [-0.25, -0.2) is 0 Å². The SMILES string of the molecule is CCCCCCCCC(=O)OCC.Cl. The fourth-order valence-corrected chi connectivity index (χ4v) is 1.28. The van der Waals surface area contributed by atoms with Crippen LogP contribution in [0.1, 0.15) is 58.8 Å². The van der Waals surface area contributed by atoms with Gasteiger partial charge in [-0.3, -0.25) is 4.79 Å². The van der Waals surface area contributed by atoms with Crippen LogP contribution in [0.15, 0.2) is 0 Å². The number of halogens is 1. The van der Waals surface area contributed by atoms with E-state index < -0.39 is 0 Å². The van der Waals surface area contributed by atoms with Crippen LogP contribution in [0.5, 0.6) is 0 Å². The number of carbonyl (C=O) groups excluding carboxylic acids is 1. The zero-order chi connectivity index (χ0) is 9.94. The van der Waals surface area contributed by atoms with Crippen LogP contribution in [0.3, 0.4) is 0 Å². The molecule has 0 unspecified atom stereocenters. The Balaban J connectivity index is 0. The summed E-state index contributed by atoms with van der Waals surface area (Å²) in [6.07, 6.45) is 7.91. The lowest BCUT2D eigenvalue weighted by molar-refractivity contribution is -0.143. The number of rotatable bonds is 8. The van der Waals surface area contributed by atoms with Gasteiger partial charge in [-0.2, -0.15) is 0 Å². The Kier molecular flexibility index (Phi) is 14.8. The van der Waals surface area contributed by atoms with Gasteiger partial charge in [0.2, 0.25) is 0 Å². The molecule has 0 atom stereocenters. The minimum Gasteiger partial charge on any atom is -0.466 e. The first-order chi connectivity index (χ1) is 6.31. The molecular formula is C11H23ClO2. The summed E-state index contributed by atoms with van der Waals surface area (Å²) in [5.74, 6) is -0.0435. The van der Waals surface area contributed by atoms with Crippen molar-refractivity contribution in [3.63, 3.8) is 0 Å². The summed E-state index contributed by atoms with van der Waals surface area (Å²) in [4.78, 5) is 10.9. The molecule has 0 radical (unpaired) electrons. The molecule has 86 valence electrons. The van der Waals surface area contributed by atoms with Crippen LogP contribution in [-0.2, 0) is 9.53 Å². The van der Waals surface area contributed by atoms with Gasteiger partial charge in [-0.15, -0.1) is 12.4 Å². The van der Waals surface area contributed by atoms with E-state index in [1.807, 2.05) is 6.92 Å². The third-order valence-corrected chi connectivity index (χ3v) is 2.04. The largest absolute Gasteiger partial charge is 0.466 e. The van der Waals surface area contributed by atoms with Gasteiger partial charge in [-0.1, -0.05) is 39.0 Å². The van der Waals surface area contributed by atoms with Crippen molar-refractivity contribution in [2.75, 3.05) is 6.61 Å². The summed E-state index contributed by atoms with van der Waals surface area (Å²) in [6.45, 7) is 4.56. The molecule has 0 amide bonds. The lowest BCUT2D eigenvalue weighted by atomic mass is 10.1. The van der Waals surface area contributed by atoms with Gasteiger partial charge in [0.05, 0.1) is 6.61 Å². The molecule has 0 aliphatic carbocycles. The van der Waals surface area contributed by atoms with E-state index in [2.05, 4.69) is 6.92 Å². The molecule has 0 spiro atoms. The molecular weight excluding hydrogens is 200 g/mol. The summed E-state index contributed by atoms with van der Waals surface area (Å²) >= 11 is 0. The number of carbonyl (C=O) groups is 1. The van der Waals surface area contributed by atoms with Crippen molar-refractivity contribution < 1.29 is 9.53 Å². The molecule has 14 heavy (non-hydrogen) atoms. The molecule has 0 bridgehead atoms. The molecule has 0 N–H and O–H groups in total. The highest BCUT2D eigenvalue weighted by Crippen LogP contribution is 2.07. The molecule has 0 aliphatic rings. The second kappa shape index (κ2) is 12.8. The summed E-state index contributed by atoms with van der Waals surface area (Å²) < 4.78 is 4.83. The Labute approximate surface area is 93.8 Å². The van der Waals surface area contributed by atoms with Crippen LogP contribution in [-0.4, -0.2) is 12.6 Å². The minimum atomic E-state index is -0.0435. The van der Waals surface area contributed by atoms with Crippen molar-refractivity contribution >= 4 is 18.4 Å². The van der Waals surface area contributed by atoms with Crippen molar-refractivity contribution in [3.8, 4) is 0 Å². The topological polar surface area (TPSA) is 26.3 Å². The molecule has 0 saturated heterocycles. The fourth-order valence-electron chi connectivity index (χ4n) is 1.28. The van der Waals surface area contributed by atoms with Crippen molar-refractivity contribution in [3.05, 3.63) is 0 Å². The van der Waals surface area contributed by atoms with Gasteiger partial charge in [0.1, 0.15) is 0 Å². The average molecular weight is 223 g/mol. The molecule has 0 rings (SSSR count). The van der Waals surface area contributed by atoms with E-state index in [0.717, 1.165) is 6.42 Å². The normalized spacial score (nSPS) is 9.29. The second-order valence-corrected chi connectivity index (χ2v) is 3.32. The maximum atomic E-state index is 10.9. The highest BCUT2D eigenvalue weighted by molar-refractivity contribution is 5.85. The molecule has 0 saturated carbocycles. The zero-order valence-corrected chi connectivity index (χ0v) is 10.2. The van der Waals surface area contributed by atoms with Crippen molar-refractivity contribution in [2.45, 2.75) is 58.8 Å². The van der Waals surface area contributed by atoms with Crippen molar-refractivity contribution in [1.29, 1.82) is 0 Å². The van der Waals surface area contributed by atoms with E-state index >= 15 is 0 Å². The van der Waals surface area contributed by atoms with Gasteiger partial charge in [0.25, 0.3) is 0 Å². The molecule has 3 heteroatoms. The third kappa shape index (κ3) is 11.8. The Bertz CT molecular complexity index is 126. The second-order valence-electron chi connectivity index (χ2n) is 3.32. The van der Waals surface area contributed by atoms with E-state index in [4.69, 9.17) is 4.74 Å². The highest BCUT2D eigenvalue weighted by Gasteiger charge is 1.99. The maximum Gasteiger partial charge on any atom is 0.305 e. The van der Waals surface area contributed by atoms with Gasteiger partial charge < -0.3 is 4.74 Å². The predicted octanol–water partition coefficient (Wildman–Crippen LogP) is 3.72. The van der Waals surface area contributed by atoms with E-state index in [-0.39, 0.29) is 18.4 Å². The Morgan fingerprint density at radius 2 is 1.57 bits per heavy atom. The van der Waals surface area contributed by atoms with E-state index in [1.165, 1.54) is 32.1 Å². The van der Waals surface area contributed by atoms with Gasteiger partial charge in [0, 0.05) is 6.42 Å². The maximum absolute atomic E-state index is 10.9. The zero-order valence-electron chi connectivity index (χ0n) is 9.38. The van der Waals surface area contributed by atoms with Crippen LogP contribution < -0.4 is 0 Å². The van der Waals surface area contributed by atoms with E-state index in [1.54, 1.807) is 0 Å². The average Bonchev–Trinajstić information content (AvgIpc) is 2.11. The van der Waals surface area contributed by atoms with Crippen LogP contribution >= 0.6 is 12.4 Å². The molecule has 0 aromatic rings. The molecule has 0 heterocycles. The van der Waals surface area contributed by atoms with Gasteiger partial charge in [-0.05, 0) is 13.3 Å². The number of ether oxygens (including phenoxy) is 1. The molecule has 2 nitrogen and oxygen atoms in total. The van der Waals surface area contributed by atoms with Crippen LogP contribution in [0.2, 0.25) is 0 Å². The Hall–Kier alpha value is -0.240.